The Morgan fingerprint density at radius 3 is 2.61 bits per heavy atom. The molecule has 0 saturated carbocycles. The molecule has 1 saturated heterocycles. The molecule has 1 aromatic rings. The van der Waals surface area contributed by atoms with Crippen LogP contribution in [-0.4, -0.2) is 38.2 Å². The quantitative estimate of drug-likeness (QED) is 0.864. The molecule has 0 spiro atoms. The van der Waals surface area contributed by atoms with Gasteiger partial charge in [-0.2, -0.15) is 0 Å². The van der Waals surface area contributed by atoms with E-state index in [1.165, 1.54) is 18.5 Å². The number of hydrogen-bond donors (Lipinski definition) is 1. The van der Waals surface area contributed by atoms with E-state index in [0.29, 0.717) is 6.04 Å². The van der Waals surface area contributed by atoms with Crippen molar-refractivity contribution in [2.24, 2.45) is 5.92 Å². The van der Waals surface area contributed by atoms with E-state index in [0.717, 1.165) is 24.8 Å². The summed E-state index contributed by atoms with van der Waals surface area (Å²) in [4.78, 5) is 2.39. The van der Waals surface area contributed by atoms with Crippen molar-refractivity contribution in [1.82, 2.24) is 10.2 Å². The number of nitrogens with one attached hydrogen (secondary N) is 1. The molecule has 1 aromatic carbocycles. The molecule has 1 aliphatic heterocycles. The Labute approximate surface area is 110 Å². The third-order valence-electron chi connectivity index (χ3n) is 3.81. The predicted molar refractivity (Wildman–Crippen MR) is 74.9 cm³/mol. The highest BCUT2D eigenvalue weighted by Crippen LogP contribution is 2.17. The van der Waals surface area contributed by atoms with Gasteiger partial charge in [-0.05, 0) is 43.6 Å². The number of hydrogen-bond acceptors (Lipinski definition) is 3. The van der Waals surface area contributed by atoms with Crippen molar-refractivity contribution in [1.29, 1.82) is 0 Å². The van der Waals surface area contributed by atoms with Gasteiger partial charge in [0.25, 0.3) is 0 Å². The Bertz CT molecular complexity index is 363. The predicted octanol–water partition coefficient (Wildman–Crippen LogP) is 2.12. The van der Waals surface area contributed by atoms with Crippen molar-refractivity contribution in [2.75, 3.05) is 27.2 Å². The zero-order valence-electron chi connectivity index (χ0n) is 11.6. The summed E-state index contributed by atoms with van der Waals surface area (Å²) in [5, 5.41) is 3.58. The van der Waals surface area contributed by atoms with Gasteiger partial charge in [0.15, 0.2) is 0 Å². The number of nitrogens with zero attached hydrogens (tertiary/aromatic N) is 1. The number of benzene rings is 1. The van der Waals surface area contributed by atoms with Gasteiger partial charge < -0.3 is 15.0 Å². The lowest BCUT2D eigenvalue weighted by Crippen LogP contribution is -2.37. The lowest BCUT2D eigenvalue weighted by atomic mass is 10.0. The van der Waals surface area contributed by atoms with Crippen molar-refractivity contribution in [3.05, 3.63) is 29.8 Å². The van der Waals surface area contributed by atoms with E-state index in [2.05, 4.69) is 36.3 Å². The van der Waals surface area contributed by atoms with Crippen LogP contribution >= 0.6 is 0 Å². The number of ether oxygens (including phenoxy) is 1. The Hall–Kier alpha value is -1.06. The van der Waals surface area contributed by atoms with E-state index in [4.69, 9.17) is 4.74 Å². The molecule has 1 aliphatic rings. The molecule has 3 nitrogen and oxygen atoms in total. The fraction of sp³-hybridized carbons (Fsp3) is 0.600. The van der Waals surface area contributed by atoms with E-state index in [1.54, 1.807) is 7.11 Å². The Morgan fingerprint density at radius 1 is 1.33 bits per heavy atom. The topological polar surface area (TPSA) is 24.5 Å². The SMILES string of the molecule is COc1ccc(CN(C)CC2NCCC2C)cc1. The molecule has 3 heteroatoms. The maximum Gasteiger partial charge on any atom is 0.118 e. The van der Waals surface area contributed by atoms with Crippen molar-refractivity contribution < 1.29 is 4.74 Å². The van der Waals surface area contributed by atoms with Gasteiger partial charge in [0.1, 0.15) is 5.75 Å². The molecule has 1 fully saturated rings. The highest BCUT2D eigenvalue weighted by atomic mass is 16.5. The Kier molecular flexibility index (Phi) is 4.61. The molecule has 1 heterocycles. The van der Waals surface area contributed by atoms with Crippen molar-refractivity contribution in [2.45, 2.75) is 25.9 Å². The molecular formula is C15H24N2O. The molecule has 0 aromatic heterocycles. The van der Waals surface area contributed by atoms with E-state index >= 15 is 0 Å². The van der Waals surface area contributed by atoms with Gasteiger partial charge in [-0.25, -0.2) is 0 Å². The van der Waals surface area contributed by atoms with Gasteiger partial charge in [0.2, 0.25) is 0 Å². The molecule has 2 atom stereocenters. The van der Waals surface area contributed by atoms with Crippen LogP contribution in [0.5, 0.6) is 5.75 Å². The first-order valence-corrected chi connectivity index (χ1v) is 6.74. The van der Waals surface area contributed by atoms with E-state index < -0.39 is 0 Å². The summed E-state index contributed by atoms with van der Waals surface area (Å²) in [7, 11) is 3.89. The third-order valence-corrected chi connectivity index (χ3v) is 3.81. The minimum absolute atomic E-state index is 0.647. The maximum absolute atomic E-state index is 5.17. The second-order valence-corrected chi connectivity index (χ2v) is 5.37. The van der Waals surface area contributed by atoms with Crippen LogP contribution in [0.1, 0.15) is 18.9 Å². The molecule has 2 unspecified atom stereocenters. The van der Waals surface area contributed by atoms with Crippen LogP contribution in [0.4, 0.5) is 0 Å². The smallest absolute Gasteiger partial charge is 0.118 e. The minimum Gasteiger partial charge on any atom is -0.497 e. The third kappa shape index (κ3) is 3.47. The van der Waals surface area contributed by atoms with Crippen molar-refractivity contribution >= 4 is 0 Å². The average Bonchev–Trinajstić information content (AvgIpc) is 2.76. The summed E-state index contributed by atoms with van der Waals surface area (Å²) >= 11 is 0. The molecular weight excluding hydrogens is 224 g/mol. The molecule has 1 N–H and O–H groups in total. The van der Waals surface area contributed by atoms with Crippen LogP contribution in [0.25, 0.3) is 0 Å². The number of rotatable bonds is 5. The molecule has 100 valence electrons. The van der Waals surface area contributed by atoms with Gasteiger partial charge in [0, 0.05) is 19.1 Å². The van der Waals surface area contributed by atoms with Crippen LogP contribution in [0.2, 0.25) is 0 Å². The second kappa shape index (κ2) is 6.21. The van der Waals surface area contributed by atoms with Crippen molar-refractivity contribution in [3.8, 4) is 5.75 Å². The fourth-order valence-corrected chi connectivity index (χ4v) is 2.59. The highest BCUT2D eigenvalue weighted by molar-refractivity contribution is 5.27. The Balaban J connectivity index is 1.84. The minimum atomic E-state index is 0.647. The standard InChI is InChI=1S/C15H24N2O/c1-12-8-9-16-15(12)11-17(2)10-13-4-6-14(18-3)7-5-13/h4-7,12,15-16H,8-11H2,1-3H3. The molecule has 0 amide bonds. The number of likely N-dealkylation sites (N-methyl/N-ethyl adjacent to an activating group) is 1. The van der Waals surface area contributed by atoms with Gasteiger partial charge in [0.05, 0.1) is 7.11 Å². The van der Waals surface area contributed by atoms with Crippen LogP contribution in [-0.2, 0) is 6.54 Å². The first-order chi connectivity index (χ1) is 8.69. The summed E-state index contributed by atoms with van der Waals surface area (Å²) in [6.45, 7) is 5.62. The van der Waals surface area contributed by atoms with E-state index in [1.807, 2.05) is 12.1 Å². The van der Waals surface area contributed by atoms with Gasteiger partial charge in [-0.3, -0.25) is 0 Å². The first kappa shape index (κ1) is 13.4. The summed E-state index contributed by atoms with van der Waals surface area (Å²) in [6, 6.07) is 8.98. The second-order valence-electron chi connectivity index (χ2n) is 5.37. The van der Waals surface area contributed by atoms with Crippen LogP contribution in [0.15, 0.2) is 24.3 Å². The summed E-state index contributed by atoms with van der Waals surface area (Å²) < 4.78 is 5.17. The molecule has 2 rings (SSSR count). The normalized spacial score (nSPS) is 23.6. The monoisotopic (exact) mass is 248 g/mol. The summed E-state index contributed by atoms with van der Waals surface area (Å²) in [5.41, 5.74) is 1.34. The summed E-state index contributed by atoms with van der Waals surface area (Å²) in [6.07, 6.45) is 1.31. The number of methoxy groups -OCH3 is 1. The lowest BCUT2D eigenvalue weighted by molar-refractivity contribution is 0.271. The molecule has 0 radical (unpaired) electrons. The van der Waals surface area contributed by atoms with Gasteiger partial charge in [-0.15, -0.1) is 0 Å². The van der Waals surface area contributed by atoms with Crippen molar-refractivity contribution in [3.63, 3.8) is 0 Å². The van der Waals surface area contributed by atoms with E-state index in [9.17, 15) is 0 Å². The zero-order valence-corrected chi connectivity index (χ0v) is 11.6. The first-order valence-electron chi connectivity index (χ1n) is 6.74. The van der Waals surface area contributed by atoms with E-state index in [-0.39, 0.29) is 0 Å². The largest absolute Gasteiger partial charge is 0.497 e. The van der Waals surface area contributed by atoms with Crippen LogP contribution in [0, 0.1) is 5.92 Å². The highest BCUT2D eigenvalue weighted by Gasteiger charge is 2.23. The molecule has 0 aliphatic carbocycles. The van der Waals surface area contributed by atoms with Crippen LogP contribution in [0.3, 0.4) is 0 Å². The fourth-order valence-electron chi connectivity index (χ4n) is 2.59. The zero-order chi connectivity index (χ0) is 13.0. The summed E-state index contributed by atoms with van der Waals surface area (Å²) in [5.74, 6) is 1.72. The average molecular weight is 248 g/mol. The lowest BCUT2D eigenvalue weighted by Gasteiger charge is -2.24. The molecule has 0 bridgehead atoms. The molecule has 18 heavy (non-hydrogen) atoms. The van der Waals surface area contributed by atoms with Gasteiger partial charge in [-0.1, -0.05) is 19.1 Å². The van der Waals surface area contributed by atoms with Crippen LogP contribution < -0.4 is 10.1 Å². The Morgan fingerprint density at radius 2 is 2.06 bits per heavy atom. The van der Waals surface area contributed by atoms with Gasteiger partial charge >= 0.3 is 0 Å². The maximum atomic E-state index is 5.17.